The van der Waals surface area contributed by atoms with Gasteiger partial charge in [0.15, 0.2) is 0 Å². The molecule has 0 bridgehead atoms. The van der Waals surface area contributed by atoms with Gasteiger partial charge in [-0.05, 0) is 54.8 Å². The van der Waals surface area contributed by atoms with Crippen LogP contribution in [0.5, 0.6) is 11.6 Å². The highest BCUT2D eigenvalue weighted by Gasteiger charge is 2.16. The van der Waals surface area contributed by atoms with Crippen LogP contribution in [0.3, 0.4) is 0 Å². The van der Waals surface area contributed by atoms with Crippen molar-refractivity contribution in [2.75, 3.05) is 4.72 Å². The van der Waals surface area contributed by atoms with Crippen molar-refractivity contribution in [2.45, 2.75) is 11.1 Å². The number of benzene rings is 1. The zero-order chi connectivity index (χ0) is 18.1. The summed E-state index contributed by atoms with van der Waals surface area (Å²) < 4.78 is 34.2. The van der Waals surface area contributed by atoms with E-state index in [2.05, 4.69) is 14.7 Å². The first kappa shape index (κ1) is 17.0. The molecule has 0 unspecified atom stereocenters. The smallest absolute Gasteiger partial charge is 0.271 e. The third kappa shape index (κ3) is 3.41. The van der Waals surface area contributed by atoms with Crippen LogP contribution in [-0.4, -0.2) is 18.4 Å². The van der Waals surface area contributed by atoms with Crippen LogP contribution in [0.1, 0.15) is 4.88 Å². The first-order valence-electron chi connectivity index (χ1n) is 7.57. The molecule has 3 heterocycles. The van der Waals surface area contributed by atoms with Crippen LogP contribution < -0.4 is 9.46 Å². The standard InChI is InChI=1S/C17H13N3O3S3/c1-11-2-7-15(25-11)26(21,22)20-12-3-5-13(6-4-12)23-17-16-14(8-9-24-16)18-10-19-17/h2-10,20H,1H3. The molecule has 6 nitrogen and oxygen atoms in total. The molecule has 4 rings (SSSR count). The number of thiophene rings is 2. The quantitative estimate of drug-likeness (QED) is 0.524. The number of aromatic nitrogens is 2. The Bertz CT molecular complexity index is 1160. The van der Waals surface area contributed by atoms with Crippen molar-refractivity contribution in [3.63, 3.8) is 0 Å². The molecule has 0 atom stereocenters. The Balaban J connectivity index is 1.53. The highest BCUT2D eigenvalue weighted by atomic mass is 32.2. The van der Waals surface area contributed by atoms with Crippen LogP contribution >= 0.6 is 22.7 Å². The molecule has 0 aliphatic heterocycles. The van der Waals surface area contributed by atoms with Crippen molar-refractivity contribution in [2.24, 2.45) is 0 Å². The van der Waals surface area contributed by atoms with Gasteiger partial charge in [-0.15, -0.1) is 22.7 Å². The maximum Gasteiger partial charge on any atom is 0.271 e. The highest BCUT2D eigenvalue weighted by Crippen LogP contribution is 2.31. The summed E-state index contributed by atoms with van der Waals surface area (Å²) in [6, 6.07) is 12.0. The summed E-state index contributed by atoms with van der Waals surface area (Å²) in [6.07, 6.45) is 1.45. The van der Waals surface area contributed by atoms with Crippen molar-refractivity contribution in [3.05, 3.63) is 59.0 Å². The fraction of sp³-hybridized carbons (Fsp3) is 0.0588. The number of rotatable bonds is 5. The van der Waals surface area contributed by atoms with Crippen LogP contribution in [0.15, 0.2) is 58.4 Å². The predicted octanol–water partition coefficient (Wildman–Crippen LogP) is 4.65. The normalized spacial score (nSPS) is 11.6. The molecule has 0 saturated carbocycles. The number of nitrogens with zero attached hydrogens (tertiary/aromatic N) is 2. The fourth-order valence-electron chi connectivity index (χ4n) is 2.30. The summed E-state index contributed by atoms with van der Waals surface area (Å²) in [7, 11) is -3.58. The summed E-state index contributed by atoms with van der Waals surface area (Å²) >= 11 is 2.74. The minimum Gasteiger partial charge on any atom is -0.437 e. The highest BCUT2D eigenvalue weighted by molar-refractivity contribution is 7.94. The summed E-state index contributed by atoms with van der Waals surface area (Å²) in [6.45, 7) is 1.87. The van der Waals surface area contributed by atoms with Gasteiger partial charge in [0, 0.05) is 10.6 Å². The second-order valence-electron chi connectivity index (χ2n) is 5.41. The maximum atomic E-state index is 12.4. The van der Waals surface area contributed by atoms with Gasteiger partial charge in [-0.1, -0.05) is 0 Å². The molecule has 4 aromatic rings. The first-order valence-corrected chi connectivity index (χ1v) is 10.7. The molecule has 0 amide bonds. The molecule has 0 radical (unpaired) electrons. The number of fused-ring (bicyclic) bond motifs is 1. The van der Waals surface area contributed by atoms with Gasteiger partial charge in [0.2, 0.25) is 5.88 Å². The Kier molecular flexibility index (Phi) is 4.35. The van der Waals surface area contributed by atoms with Gasteiger partial charge in [0.25, 0.3) is 10.0 Å². The Morgan fingerprint density at radius 2 is 1.85 bits per heavy atom. The van der Waals surface area contributed by atoms with Crippen molar-refractivity contribution in [1.82, 2.24) is 9.97 Å². The Morgan fingerprint density at radius 3 is 2.58 bits per heavy atom. The molecule has 0 spiro atoms. The zero-order valence-corrected chi connectivity index (χ0v) is 16.0. The molecular weight excluding hydrogens is 390 g/mol. The van der Waals surface area contributed by atoms with Crippen LogP contribution in [0, 0.1) is 6.92 Å². The average Bonchev–Trinajstić information content (AvgIpc) is 3.26. The van der Waals surface area contributed by atoms with Crippen molar-refractivity contribution < 1.29 is 13.2 Å². The summed E-state index contributed by atoms with van der Waals surface area (Å²) in [5.74, 6) is 1.04. The largest absolute Gasteiger partial charge is 0.437 e. The van der Waals surface area contributed by atoms with Gasteiger partial charge in [0.1, 0.15) is 21.0 Å². The van der Waals surface area contributed by atoms with Gasteiger partial charge in [-0.3, -0.25) is 4.72 Å². The van der Waals surface area contributed by atoms with E-state index in [1.807, 2.05) is 18.4 Å². The molecule has 132 valence electrons. The van der Waals surface area contributed by atoms with E-state index in [-0.39, 0.29) is 4.21 Å². The van der Waals surface area contributed by atoms with Crippen LogP contribution in [0.2, 0.25) is 0 Å². The third-order valence-corrected chi connectivity index (χ3v) is 7.28. The molecule has 0 aliphatic rings. The number of anilines is 1. The van der Waals surface area contributed by atoms with Gasteiger partial charge >= 0.3 is 0 Å². The molecule has 1 aromatic carbocycles. The lowest BCUT2D eigenvalue weighted by atomic mass is 10.3. The number of aryl methyl sites for hydroxylation is 1. The van der Waals surface area contributed by atoms with E-state index < -0.39 is 10.0 Å². The molecule has 0 saturated heterocycles. The maximum absolute atomic E-state index is 12.4. The number of ether oxygens (including phenoxy) is 1. The predicted molar refractivity (Wildman–Crippen MR) is 104 cm³/mol. The lowest BCUT2D eigenvalue weighted by molar-refractivity contribution is 0.469. The minimum atomic E-state index is -3.58. The van der Waals surface area contributed by atoms with Crippen molar-refractivity contribution >= 4 is 48.6 Å². The Morgan fingerprint density at radius 1 is 1.04 bits per heavy atom. The SMILES string of the molecule is Cc1ccc(S(=O)(=O)Nc2ccc(Oc3ncnc4ccsc34)cc2)s1. The molecule has 0 fully saturated rings. The zero-order valence-electron chi connectivity index (χ0n) is 13.5. The van der Waals surface area contributed by atoms with E-state index in [9.17, 15) is 8.42 Å². The molecular formula is C17H13N3O3S3. The Hall–Kier alpha value is -2.49. The fourth-order valence-corrected chi connectivity index (χ4v) is 5.42. The second-order valence-corrected chi connectivity index (χ2v) is 9.52. The van der Waals surface area contributed by atoms with Gasteiger partial charge in [0.05, 0.1) is 5.52 Å². The second kappa shape index (κ2) is 6.67. The molecule has 9 heteroatoms. The number of hydrogen-bond donors (Lipinski definition) is 1. The lowest BCUT2D eigenvalue weighted by Gasteiger charge is -2.08. The number of nitrogens with one attached hydrogen (secondary N) is 1. The van der Waals surface area contributed by atoms with Crippen LogP contribution in [-0.2, 0) is 10.0 Å². The molecule has 0 aliphatic carbocycles. The van der Waals surface area contributed by atoms with Crippen LogP contribution in [0.4, 0.5) is 5.69 Å². The summed E-state index contributed by atoms with van der Waals surface area (Å²) in [4.78, 5) is 9.28. The van der Waals surface area contributed by atoms with E-state index in [0.29, 0.717) is 17.3 Å². The van der Waals surface area contributed by atoms with E-state index in [1.54, 1.807) is 36.4 Å². The third-order valence-electron chi connectivity index (χ3n) is 3.51. The van der Waals surface area contributed by atoms with E-state index in [1.165, 1.54) is 29.0 Å². The average molecular weight is 404 g/mol. The molecule has 3 aromatic heterocycles. The number of hydrogen-bond acceptors (Lipinski definition) is 7. The van der Waals surface area contributed by atoms with E-state index in [0.717, 1.165) is 15.1 Å². The van der Waals surface area contributed by atoms with E-state index in [4.69, 9.17) is 4.74 Å². The summed E-state index contributed by atoms with van der Waals surface area (Å²) in [5, 5.41) is 1.93. The van der Waals surface area contributed by atoms with Gasteiger partial charge < -0.3 is 4.74 Å². The Labute approximate surface area is 158 Å². The minimum absolute atomic E-state index is 0.288. The lowest BCUT2D eigenvalue weighted by Crippen LogP contribution is -2.11. The monoisotopic (exact) mass is 403 g/mol. The van der Waals surface area contributed by atoms with Crippen molar-refractivity contribution in [1.29, 1.82) is 0 Å². The van der Waals surface area contributed by atoms with Gasteiger partial charge in [-0.25, -0.2) is 18.4 Å². The van der Waals surface area contributed by atoms with Crippen molar-refractivity contribution in [3.8, 4) is 11.6 Å². The topological polar surface area (TPSA) is 81.2 Å². The first-order chi connectivity index (χ1) is 12.5. The summed E-state index contributed by atoms with van der Waals surface area (Å²) in [5.41, 5.74) is 1.29. The van der Waals surface area contributed by atoms with Crippen LogP contribution in [0.25, 0.3) is 10.2 Å². The molecule has 26 heavy (non-hydrogen) atoms. The van der Waals surface area contributed by atoms with Gasteiger partial charge in [-0.2, -0.15) is 0 Å². The number of sulfonamides is 1. The molecule has 1 N–H and O–H groups in total. The van der Waals surface area contributed by atoms with E-state index >= 15 is 0 Å².